The lowest BCUT2D eigenvalue weighted by Gasteiger charge is -2.26. The van der Waals surface area contributed by atoms with Crippen LogP contribution in [0, 0.1) is 0 Å². The summed E-state index contributed by atoms with van der Waals surface area (Å²) in [6.07, 6.45) is -5.33. The molecule has 154 valence electrons. The lowest BCUT2D eigenvalue weighted by molar-refractivity contribution is -0.128. The molecular formula is C20H21F3N4O2. The minimum absolute atomic E-state index is 0.171. The van der Waals surface area contributed by atoms with Crippen LogP contribution >= 0.6 is 0 Å². The van der Waals surface area contributed by atoms with Crippen LogP contribution in [0.4, 0.5) is 24.5 Å². The lowest BCUT2D eigenvalue weighted by atomic mass is 9.98. The second-order valence-electron chi connectivity index (χ2n) is 7.21. The molecular weight excluding hydrogens is 385 g/mol. The van der Waals surface area contributed by atoms with Crippen molar-refractivity contribution in [3.63, 3.8) is 0 Å². The first-order valence-electron chi connectivity index (χ1n) is 9.19. The van der Waals surface area contributed by atoms with Crippen LogP contribution in [0.2, 0.25) is 0 Å². The van der Waals surface area contributed by atoms with Crippen molar-refractivity contribution >= 4 is 17.3 Å². The number of carbonyl (C=O) groups excluding carboxylic acids is 1. The second-order valence-corrected chi connectivity index (χ2v) is 7.21. The summed E-state index contributed by atoms with van der Waals surface area (Å²) >= 11 is 0. The zero-order valence-corrected chi connectivity index (χ0v) is 16.0. The number of amides is 1. The molecule has 1 amide bonds. The van der Waals surface area contributed by atoms with E-state index in [9.17, 15) is 18.0 Å². The van der Waals surface area contributed by atoms with Gasteiger partial charge in [0.05, 0.1) is 18.4 Å². The minimum atomic E-state index is -4.39. The third-order valence-corrected chi connectivity index (χ3v) is 5.17. The molecule has 2 aliphatic heterocycles. The van der Waals surface area contributed by atoms with Gasteiger partial charge in [0.1, 0.15) is 5.75 Å². The summed E-state index contributed by atoms with van der Waals surface area (Å²) in [5, 5.41) is 3.87. The van der Waals surface area contributed by atoms with Gasteiger partial charge in [-0.15, -0.1) is 0 Å². The zero-order valence-electron chi connectivity index (χ0n) is 16.0. The van der Waals surface area contributed by atoms with Gasteiger partial charge in [0, 0.05) is 18.8 Å². The molecule has 1 atom stereocenters. The minimum Gasteiger partial charge on any atom is -0.496 e. The number of anilines is 2. The van der Waals surface area contributed by atoms with Crippen LogP contribution in [0.1, 0.15) is 21.5 Å². The topological polar surface area (TPSA) is 66.5 Å². The van der Waals surface area contributed by atoms with E-state index in [2.05, 4.69) is 15.6 Å². The van der Waals surface area contributed by atoms with Crippen LogP contribution in [-0.2, 0) is 13.0 Å². The lowest BCUT2D eigenvalue weighted by Crippen LogP contribution is -2.27. The zero-order chi connectivity index (χ0) is 20.8. The second kappa shape index (κ2) is 7.23. The molecule has 29 heavy (non-hydrogen) atoms. The molecule has 1 unspecified atom stereocenters. The van der Waals surface area contributed by atoms with Crippen LogP contribution < -0.4 is 20.5 Å². The predicted molar refractivity (Wildman–Crippen MR) is 103 cm³/mol. The summed E-state index contributed by atoms with van der Waals surface area (Å²) < 4.78 is 43.8. The highest BCUT2D eigenvalue weighted by Gasteiger charge is 2.55. The van der Waals surface area contributed by atoms with Crippen LogP contribution in [0.5, 0.6) is 5.75 Å². The average molecular weight is 406 g/mol. The van der Waals surface area contributed by atoms with Gasteiger partial charge in [0.25, 0.3) is 5.91 Å². The molecule has 0 aliphatic carbocycles. The van der Waals surface area contributed by atoms with Gasteiger partial charge < -0.3 is 15.0 Å². The SMILES string of the molecule is COc1ccc(N2NC2C(F)(F)F)cc1C(=O)Nc1cccc2c1CCN(C)C2. The Kier molecular flexibility index (Phi) is 4.87. The summed E-state index contributed by atoms with van der Waals surface area (Å²) in [7, 11) is 3.46. The van der Waals surface area contributed by atoms with Crippen molar-refractivity contribution in [2.24, 2.45) is 0 Å². The molecule has 0 saturated carbocycles. The van der Waals surface area contributed by atoms with Crippen LogP contribution in [0.3, 0.4) is 0 Å². The van der Waals surface area contributed by atoms with Crippen molar-refractivity contribution in [2.45, 2.75) is 25.3 Å². The summed E-state index contributed by atoms with van der Waals surface area (Å²) in [6.45, 7) is 1.69. The van der Waals surface area contributed by atoms with Gasteiger partial charge in [-0.1, -0.05) is 12.1 Å². The first-order chi connectivity index (χ1) is 13.8. The fourth-order valence-electron chi connectivity index (χ4n) is 3.62. The van der Waals surface area contributed by atoms with E-state index >= 15 is 0 Å². The van der Waals surface area contributed by atoms with Gasteiger partial charge >= 0.3 is 6.18 Å². The number of hydrogen-bond donors (Lipinski definition) is 2. The van der Waals surface area contributed by atoms with Crippen LogP contribution in [-0.4, -0.2) is 43.9 Å². The molecule has 2 heterocycles. The van der Waals surface area contributed by atoms with Crippen molar-refractivity contribution in [1.82, 2.24) is 10.3 Å². The number of nitrogens with one attached hydrogen (secondary N) is 2. The average Bonchev–Trinajstić information content (AvgIpc) is 3.48. The third kappa shape index (κ3) is 3.88. The number of benzene rings is 2. The molecule has 9 heteroatoms. The number of nitrogens with zero attached hydrogens (tertiary/aromatic N) is 2. The molecule has 2 N–H and O–H groups in total. The van der Waals surface area contributed by atoms with Gasteiger partial charge in [0.15, 0.2) is 0 Å². The number of alkyl halides is 3. The molecule has 1 saturated heterocycles. The number of halogens is 3. The van der Waals surface area contributed by atoms with E-state index < -0.39 is 18.2 Å². The van der Waals surface area contributed by atoms with Crippen molar-refractivity contribution in [3.8, 4) is 5.75 Å². The van der Waals surface area contributed by atoms with Crippen LogP contribution in [0.25, 0.3) is 0 Å². The number of fused-ring (bicyclic) bond motifs is 1. The molecule has 2 aromatic rings. The number of hydrogen-bond acceptors (Lipinski definition) is 5. The predicted octanol–water partition coefficient (Wildman–Crippen LogP) is 3.15. The first-order valence-corrected chi connectivity index (χ1v) is 9.19. The van der Waals surface area contributed by atoms with Gasteiger partial charge in [-0.2, -0.15) is 13.2 Å². The Labute approximate surface area is 166 Å². The largest absolute Gasteiger partial charge is 0.496 e. The normalized spacial score (nSPS) is 18.9. The monoisotopic (exact) mass is 406 g/mol. The van der Waals surface area contributed by atoms with E-state index in [-0.39, 0.29) is 11.3 Å². The molecule has 1 fully saturated rings. The fraction of sp³-hybridized carbons (Fsp3) is 0.350. The first kappa shape index (κ1) is 19.5. The Morgan fingerprint density at radius 2 is 2.07 bits per heavy atom. The van der Waals surface area contributed by atoms with E-state index in [1.807, 2.05) is 25.2 Å². The number of methoxy groups -OCH3 is 1. The quantitative estimate of drug-likeness (QED) is 0.764. The maximum absolute atomic E-state index is 13.0. The molecule has 2 aliphatic rings. The standard InChI is InChI=1S/C20H21F3N4O2/c1-26-9-8-14-12(11-26)4-3-5-16(14)24-18(28)15-10-13(6-7-17(15)29-2)27-19(25-27)20(21,22)23/h3-7,10,19,25H,8-9,11H2,1-2H3,(H,24,28). The van der Waals surface area contributed by atoms with Crippen molar-refractivity contribution in [2.75, 3.05) is 31.0 Å². The Hall–Kier alpha value is -2.78. The Bertz CT molecular complexity index is 948. The summed E-state index contributed by atoms with van der Waals surface area (Å²) in [6, 6.07) is 10.1. The molecule has 6 nitrogen and oxygen atoms in total. The van der Waals surface area contributed by atoms with E-state index in [0.29, 0.717) is 11.4 Å². The van der Waals surface area contributed by atoms with Gasteiger partial charge in [-0.05, 0) is 48.9 Å². The number of likely N-dealkylation sites (N-methyl/N-ethyl adjacent to an activating group) is 1. The maximum atomic E-state index is 13.0. The molecule has 0 radical (unpaired) electrons. The van der Waals surface area contributed by atoms with E-state index in [1.54, 1.807) is 0 Å². The molecule has 4 rings (SSSR count). The van der Waals surface area contributed by atoms with Crippen molar-refractivity contribution in [3.05, 3.63) is 53.1 Å². The number of ether oxygens (including phenoxy) is 1. The number of hydrazine groups is 1. The molecule has 0 aromatic heterocycles. The molecule has 2 aromatic carbocycles. The van der Waals surface area contributed by atoms with Crippen molar-refractivity contribution < 1.29 is 22.7 Å². The van der Waals surface area contributed by atoms with E-state index in [0.717, 1.165) is 35.6 Å². The Balaban J connectivity index is 1.59. The summed E-state index contributed by atoms with van der Waals surface area (Å²) in [5.41, 5.74) is 5.62. The smallest absolute Gasteiger partial charge is 0.425 e. The highest BCUT2D eigenvalue weighted by Crippen LogP contribution is 2.36. The Morgan fingerprint density at radius 3 is 2.76 bits per heavy atom. The van der Waals surface area contributed by atoms with E-state index in [4.69, 9.17) is 4.74 Å². The van der Waals surface area contributed by atoms with E-state index in [1.165, 1.54) is 25.3 Å². The molecule has 0 spiro atoms. The summed E-state index contributed by atoms with van der Waals surface area (Å²) in [4.78, 5) is 15.2. The number of carbonyl (C=O) groups is 1. The van der Waals surface area contributed by atoms with Crippen molar-refractivity contribution in [1.29, 1.82) is 0 Å². The molecule has 0 bridgehead atoms. The highest BCUT2D eigenvalue weighted by atomic mass is 19.4. The third-order valence-electron chi connectivity index (χ3n) is 5.17. The van der Waals surface area contributed by atoms with Gasteiger partial charge in [0.2, 0.25) is 6.17 Å². The van der Waals surface area contributed by atoms with Gasteiger partial charge in [-0.3, -0.25) is 9.80 Å². The fourth-order valence-corrected chi connectivity index (χ4v) is 3.62. The summed E-state index contributed by atoms with van der Waals surface area (Å²) in [5.74, 6) is -0.136. The highest BCUT2D eigenvalue weighted by molar-refractivity contribution is 6.07. The Morgan fingerprint density at radius 1 is 1.28 bits per heavy atom. The maximum Gasteiger partial charge on any atom is 0.425 e. The number of rotatable bonds is 4. The van der Waals surface area contributed by atoms with Gasteiger partial charge in [-0.25, -0.2) is 5.43 Å². The van der Waals surface area contributed by atoms with Crippen LogP contribution in [0.15, 0.2) is 36.4 Å².